The van der Waals surface area contributed by atoms with E-state index in [0.29, 0.717) is 0 Å². The van der Waals surface area contributed by atoms with Crippen LogP contribution >= 0.6 is 0 Å². The van der Waals surface area contributed by atoms with E-state index in [4.69, 9.17) is 0 Å². The van der Waals surface area contributed by atoms with E-state index in [0.717, 1.165) is 29.4 Å². The zero-order valence-electron chi connectivity index (χ0n) is 13.4. The predicted octanol–water partition coefficient (Wildman–Crippen LogP) is 5.17. The molecule has 1 aliphatic carbocycles. The Bertz CT molecular complexity index is 1060. The molecule has 0 saturated carbocycles. The summed E-state index contributed by atoms with van der Waals surface area (Å²) in [5, 5.41) is 16.0. The lowest BCUT2D eigenvalue weighted by molar-refractivity contribution is 0.223. The highest BCUT2D eigenvalue weighted by atomic mass is 16.3. The summed E-state index contributed by atoms with van der Waals surface area (Å²) in [7, 11) is 0. The third-order valence-corrected chi connectivity index (χ3v) is 5.32. The van der Waals surface area contributed by atoms with E-state index in [2.05, 4.69) is 48.5 Å². The summed E-state index contributed by atoms with van der Waals surface area (Å²) in [5.74, 6) is 0. The van der Waals surface area contributed by atoms with Crippen LogP contribution in [0, 0.1) is 0 Å². The molecule has 0 amide bonds. The van der Waals surface area contributed by atoms with E-state index in [-0.39, 0.29) is 0 Å². The van der Waals surface area contributed by atoms with Crippen molar-refractivity contribution in [2.24, 2.45) is 0 Å². The fraction of sp³-hybridized carbons (Fsp3) is 0.130. The topological polar surface area (TPSA) is 20.2 Å². The second kappa shape index (κ2) is 5.19. The van der Waals surface area contributed by atoms with Crippen LogP contribution in [0.1, 0.15) is 28.4 Å². The fourth-order valence-electron chi connectivity index (χ4n) is 4.16. The number of hydrogen-bond acceptors (Lipinski definition) is 1. The molecule has 0 heterocycles. The van der Waals surface area contributed by atoms with Gasteiger partial charge in [-0.15, -0.1) is 0 Å². The lowest BCUT2D eigenvalue weighted by Gasteiger charge is -2.17. The van der Waals surface area contributed by atoms with Crippen molar-refractivity contribution < 1.29 is 5.11 Å². The summed E-state index contributed by atoms with van der Waals surface area (Å²) in [6, 6.07) is 25.2. The average molecular weight is 310 g/mol. The molecule has 0 fully saturated rings. The van der Waals surface area contributed by atoms with E-state index < -0.39 is 6.10 Å². The van der Waals surface area contributed by atoms with E-state index in [1.54, 1.807) is 0 Å². The Morgan fingerprint density at radius 3 is 2.21 bits per heavy atom. The van der Waals surface area contributed by atoms with Crippen molar-refractivity contribution in [2.45, 2.75) is 18.9 Å². The molecular formula is C23H18O. The Morgan fingerprint density at radius 2 is 1.29 bits per heavy atom. The first kappa shape index (κ1) is 13.8. The molecule has 116 valence electrons. The van der Waals surface area contributed by atoms with Crippen molar-refractivity contribution in [1.29, 1.82) is 0 Å². The smallest absolute Gasteiger partial charge is 0.105 e. The molecule has 4 aromatic rings. The highest BCUT2D eigenvalue weighted by molar-refractivity contribution is 5.94. The van der Waals surface area contributed by atoms with Crippen molar-refractivity contribution >= 4 is 21.5 Å². The predicted molar refractivity (Wildman–Crippen MR) is 99.4 cm³/mol. The van der Waals surface area contributed by atoms with Gasteiger partial charge in [-0.25, -0.2) is 0 Å². The van der Waals surface area contributed by atoms with Gasteiger partial charge in [0.15, 0.2) is 0 Å². The summed E-state index contributed by atoms with van der Waals surface area (Å²) in [5.41, 5.74) is 4.81. The number of benzene rings is 4. The first-order chi connectivity index (χ1) is 11.8. The van der Waals surface area contributed by atoms with Crippen molar-refractivity contribution in [2.75, 3.05) is 0 Å². The summed E-state index contributed by atoms with van der Waals surface area (Å²) >= 11 is 0. The molecule has 24 heavy (non-hydrogen) atoms. The standard InChI is InChI=1S/C23H18O/c24-23(20-10-3-6-15-5-1-2-8-18(15)20)21-14-13-17-12-11-16-7-4-9-19(21)22(16)17/h1-10,13-14,23-24H,11-12H2. The largest absolute Gasteiger partial charge is 0.384 e. The van der Waals surface area contributed by atoms with Crippen molar-refractivity contribution in [3.8, 4) is 0 Å². The highest BCUT2D eigenvalue weighted by Gasteiger charge is 2.20. The molecule has 0 radical (unpaired) electrons. The normalized spacial score (nSPS) is 14.4. The third-order valence-electron chi connectivity index (χ3n) is 5.32. The molecule has 1 nitrogen and oxygen atoms in total. The molecule has 1 unspecified atom stereocenters. The van der Waals surface area contributed by atoms with Crippen LogP contribution in [0.25, 0.3) is 21.5 Å². The maximum Gasteiger partial charge on any atom is 0.105 e. The first-order valence-corrected chi connectivity index (χ1v) is 8.52. The van der Waals surface area contributed by atoms with Gasteiger partial charge >= 0.3 is 0 Å². The molecule has 1 aliphatic rings. The molecule has 0 bridgehead atoms. The summed E-state index contributed by atoms with van der Waals surface area (Å²) in [6.07, 6.45) is 1.61. The van der Waals surface area contributed by atoms with Crippen LogP contribution in [0.15, 0.2) is 72.8 Å². The number of fused-ring (bicyclic) bond motifs is 1. The Morgan fingerprint density at radius 1 is 0.625 bits per heavy atom. The van der Waals surface area contributed by atoms with E-state index in [1.807, 2.05) is 24.3 Å². The molecule has 4 aromatic carbocycles. The lowest BCUT2D eigenvalue weighted by atomic mass is 9.91. The summed E-state index contributed by atoms with van der Waals surface area (Å²) < 4.78 is 0. The highest BCUT2D eigenvalue weighted by Crippen LogP contribution is 2.38. The minimum absolute atomic E-state index is 0.610. The molecule has 0 aromatic heterocycles. The average Bonchev–Trinajstić information content (AvgIpc) is 3.06. The molecule has 0 spiro atoms. The summed E-state index contributed by atoms with van der Waals surface area (Å²) in [6.45, 7) is 0. The van der Waals surface area contributed by atoms with Gasteiger partial charge in [0.25, 0.3) is 0 Å². The fourth-order valence-corrected chi connectivity index (χ4v) is 4.16. The maximum absolute atomic E-state index is 11.2. The minimum Gasteiger partial charge on any atom is -0.384 e. The maximum atomic E-state index is 11.2. The van der Waals surface area contributed by atoms with Gasteiger partial charge in [0.2, 0.25) is 0 Å². The minimum atomic E-state index is -0.610. The second-order valence-corrected chi connectivity index (χ2v) is 6.62. The van der Waals surface area contributed by atoms with Gasteiger partial charge in [-0.2, -0.15) is 0 Å². The van der Waals surface area contributed by atoms with Crippen LogP contribution in [0.5, 0.6) is 0 Å². The van der Waals surface area contributed by atoms with Crippen LogP contribution in [0.4, 0.5) is 0 Å². The Labute approximate surface area is 141 Å². The lowest BCUT2D eigenvalue weighted by Crippen LogP contribution is -2.02. The molecule has 1 N–H and O–H groups in total. The zero-order chi connectivity index (χ0) is 16.1. The Balaban J connectivity index is 1.76. The number of aliphatic hydroxyl groups excluding tert-OH is 1. The van der Waals surface area contributed by atoms with Crippen molar-refractivity contribution in [3.05, 3.63) is 95.1 Å². The zero-order valence-corrected chi connectivity index (χ0v) is 13.4. The van der Waals surface area contributed by atoms with Gasteiger partial charge in [0.1, 0.15) is 6.10 Å². The van der Waals surface area contributed by atoms with Crippen molar-refractivity contribution in [1.82, 2.24) is 0 Å². The Kier molecular flexibility index (Phi) is 2.97. The molecule has 0 aliphatic heterocycles. The molecule has 0 saturated heterocycles. The molecule has 5 rings (SSSR count). The SMILES string of the molecule is OC(c1cccc2ccccc12)c1ccc2c3c(cccc13)CC2. The van der Waals surface area contributed by atoms with Crippen molar-refractivity contribution in [3.63, 3.8) is 0 Å². The molecule has 1 atom stereocenters. The Hall–Kier alpha value is -2.64. The van der Waals surface area contributed by atoms with Gasteiger partial charge in [-0.05, 0) is 56.6 Å². The quantitative estimate of drug-likeness (QED) is 0.541. The summed E-state index contributed by atoms with van der Waals surface area (Å²) in [4.78, 5) is 0. The van der Waals surface area contributed by atoms with Gasteiger partial charge in [0.05, 0.1) is 0 Å². The first-order valence-electron chi connectivity index (χ1n) is 8.52. The van der Waals surface area contributed by atoms with Crippen LogP contribution < -0.4 is 0 Å². The molecule has 1 heteroatoms. The second-order valence-electron chi connectivity index (χ2n) is 6.62. The van der Waals surface area contributed by atoms with E-state index >= 15 is 0 Å². The number of hydrogen-bond donors (Lipinski definition) is 1. The third kappa shape index (κ3) is 1.92. The van der Waals surface area contributed by atoms with Gasteiger partial charge < -0.3 is 5.11 Å². The van der Waals surface area contributed by atoms with Crippen LogP contribution in [0.3, 0.4) is 0 Å². The van der Waals surface area contributed by atoms with E-state index in [1.165, 1.54) is 27.3 Å². The molecular weight excluding hydrogens is 292 g/mol. The van der Waals surface area contributed by atoms with Gasteiger partial charge in [-0.3, -0.25) is 0 Å². The van der Waals surface area contributed by atoms with E-state index in [9.17, 15) is 5.11 Å². The number of aliphatic hydroxyl groups is 1. The van der Waals surface area contributed by atoms with Gasteiger partial charge in [0, 0.05) is 0 Å². The van der Waals surface area contributed by atoms with Gasteiger partial charge in [-0.1, -0.05) is 72.8 Å². The van der Waals surface area contributed by atoms with Crippen LogP contribution in [0.2, 0.25) is 0 Å². The van der Waals surface area contributed by atoms with Crippen LogP contribution in [-0.4, -0.2) is 5.11 Å². The number of rotatable bonds is 2. The van der Waals surface area contributed by atoms with Crippen LogP contribution in [-0.2, 0) is 12.8 Å². The monoisotopic (exact) mass is 310 g/mol. The number of aryl methyl sites for hydroxylation is 2.